The molecule has 0 fully saturated rings. The standard InChI is InChI=1S/C20H16N6O4/c1-25-15(19(29-23-25)21-17(27)13-9-5-3-6-10-13)16-20(30-24-26(16)2)22-18(28)14-11-7-4-8-12-14/h3-12H,1-2H3. The number of carbonyl (C=O) groups excluding carboxylic acids is 2. The molecule has 0 unspecified atom stereocenters. The summed E-state index contributed by atoms with van der Waals surface area (Å²) >= 11 is 0. The van der Waals surface area contributed by atoms with Crippen LogP contribution in [0.5, 0.6) is 0 Å². The molecule has 10 nitrogen and oxygen atoms in total. The van der Waals surface area contributed by atoms with Crippen molar-refractivity contribution in [1.82, 2.24) is 10.5 Å². The predicted octanol–water partition coefficient (Wildman–Crippen LogP) is 2.67. The fourth-order valence-corrected chi connectivity index (χ4v) is 2.78. The monoisotopic (exact) mass is 404 g/mol. The van der Waals surface area contributed by atoms with E-state index in [1.54, 1.807) is 74.8 Å². The second-order valence-electron chi connectivity index (χ2n) is 6.27. The van der Waals surface area contributed by atoms with Gasteiger partial charge in [0.05, 0.1) is 11.8 Å². The molecule has 0 atom stereocenters. The number of benzene rings is 2. The first-order chi connectivity index (χ1) is 14.5. The number of hydrogen-bond acceptors (Lipinski definition) is 6. The Balaban J connectivity index is 1.67. The third kappa shape index (κ3) is 3.65. The van der Waals surface area contributed by atoms with Crippen molar-refractivity contribution < 1.29 is 28.0 Å². The molecule has 0 saturated carbocycles. The van der Waals surface area contributed by atoms with Gasteiger partial charge < -0.3 is 29.3 Å². The van der Waals surface area contributed by atoms with E-state index >= 15 is 0 Å². The Labute approximate surface area is 170 Å². The molecule has 2 heterocycles. The number of amides is 2. The molecule has 0 saturated heterocycles. The van der Waals surface area contributed by atoms with Gasteiger partial charge in [-0.2, -0.15) is 0 Å². The lowest BCUT2D eigenvalue weighted by molar-refractivity contribution is -0.755. The lowest BCUT2D eigenvalue weighted by Crippen LogP contribution is -2.39. The van der Waals surface area contributed by atoms with Gasteiger partial charge in [0.2, 0.25) is 0 Å². The van der Waals surface area contributed by atoms with Crippen LogP contribution in [-0.2, 0) is 14.1 Å². The molecule has 0 aliphatic carbocycles. The average molecular weight is 404 g/mol. The minimum Gasteiger partial charge on any atom is -0.583 e. The maximum atomic E-state index is 12.5. The van der Waals surface area contributed by atoms with Gasteiger partial charge in [-0.3, -0.25) is 0 Å². The van der Waals surface area contributed by atoms with E-state index < -0.39 is 11.8 Å². The highest BCUT2D eigenvalue weighted by molar-refractivity contribution is 6.11. The SMILES string of the molecule is C[n+]1noc([N-]C(=O)c2ccccc2)c1-c1c([N-]C(=O)c2ccccc2)on[n+]1C. The van der Waals surface area contributed by atoms with E-state index in [0.29, 0.717) is 11.1 Å². The molecule has 30 heavy (non-hydrogen) atoms. The zero-order chi connectivity index (χ0) is 21.1. The van der Waals surface area contributed by atoms with Crippen LogP contribution >= 0.6 is 0 Å². The Kier molecular flexibility index (Phi) is 5.04. The number of nitrogens with zero attached hydrogens (tertiary/aromatic N) is 6. The molecule has 0 radical (unpaired) electrons. The third-order valence-corrected chi connectivity index (χ3v) is 4.22. The summed E-state index contributed by atoms with van der Waals surface area (Å²) in [6, 6.07) is 17.1. The number of hydrogen-bond donors (Lipinski definition) is 0. The zero-order valence-electron chi connectivity index (χ0n) is 16.1. The van der Waals surface area contributed by atoms with Crippen LogP contribution in [0.3, 0.4) is 0 Å². The van der Waals surface area contributed by atoms with Gasteiger partial charge in [-0.25, -0.2) is 0 Å². The van der Waals surface area contributed by atoms with Gasteiger partial charge in [0.25, 0.3) is 0 Å². The van der Waals surface area contributed by atoms with Crippen LogP contribution in [0.2, 0.25) is 0 Å². The number of carbonyl (C=O) groups is 2. The molecular formula is C20H16N6O4. The van der Waals surface area contributed by atoms with E-state index in [4.69, 9.17) is 9.05 Å². The first-order valence-electron chi connectivity index (χ1n) is 8.89. The van der Waals surface area contributed by atoms with Crippen molar-refractivity contribution >= 4 is 23.6 Å². The molecule has 0 aliphatic rings. The van der Waals surface area contributed by atoms with Crippen LogP contribution in [0.25, 0.3) is 22.0 Å². The van der Waals surface area contributed by atoms with Gasteiger partial charge >= 0.3 is 11.4 Å². The van der Waals surface area contributed by atoms with Crippen LogP contribution in [0.4, 0.5) is 11.8 Å². The summed E-state index contributed by atoms with van der Waals surface area (Å²) in [5.41, 5.74) is 1.34. The van der Waals surface area contributed by atoms with E-state index in [1.165, 1.54) is 9.36 Å². The second-order valence-corrected chi connectivity index (χ2v) is 6.27. The van der Waals surface area contributed by atoms with Crippen molar-refractivity contribution in [3.05, 3.63) is 82.4 Å². The first-order valence-corrected chi connectivity index (χ1v) is 8.89. The van der Waals surface area contributed by atoms with E-state index in [0.717, 1.165) is 0 Å². The van der Waals surface area contributed by atoms with Crippen LogP contribution < -0.4 is 9.36 Å². The van der Waals surface area contributed by atoms with Crippen molar-refractivity contribution in [1.29, 1.82) is 0 Å². The fourth-order valence-electron chi connectivity index (χ4n) is 2.78. The summed E-state index contributed by atoms with van der Waals surface area (Å²) in [7, 11) is 3.20. The number of aromatic nitrogens is 4. The minimum absolute atomic E-state index is 0.0613. The molecule has 10 heteroatoms. The number of aryl methyl sites for hydroxylation is 2. The largest absolute Gasteiger partial charge is 0.583 e. The molecule has 0 aliphatic heterocycles. The van der Waals surface area contributed by atoms with Crippen molar-refractivity contribution in [3.63, 3.8) is 0 Å². The number of rotatable bonds is 5. The molecule has 4 rings (SSSR count). The Bertz CT molecular complexity index is 1110. The van der Waals surface area contributed by atoms with E-state index in [-0.39, 0.29) is 23.2 Å². The first kappa shape index (κ1) is 19.0. The summed E-state index contributed by atoms with van der Waals surface area (Å²) in [6.07, 6.45) is 0. The maximum absolute atomic E-state index is 12.5. The van der Waals surface area contributed by atoms with E-state index in [1.807, 2.05) is 0 Å². The molecule has 2 amide bonds. The lowest BCUT2D eigenvalue weighted by Gasteiger charge is -2.15. The van der Waals surface area contributed by atoms with Crippen LogP contribution in [0.1, 0.15) is 20.7 Å². The molecule has 2 aromatic heterocycles. The average Bonchev–Trinajstić information content (AvgIpc) is 3.30. The van der Waals surface area contributed by atoms with Crippen molar-refractivity contribution in [2.24, 2.45) is 14.1 Å². The summed E-state index contributed by atoms with van der Waals surface area (Å²) in [6.45, 7) is 0. The van der Waals surface area contributed by atoms with Gasteiger partial charge in [-0.15, -0.1) is 0 Å². The molecule has 0 N–H and O–H groups in total. The highest BCUT2D eigenvalue weighted by atomic mass is 16.5. The Morgan fingerprint density at radius 2 is 1.07 bits per heavy atom. The minimum atomic E-state index is -0.508. The molecule has 0 spiro atoms. The van der Waals surface area contributed by atoms with Crippen molar-refractivity contribution in [3.8, 4) is 11.4 Å². The summed E-state index contributed by atoms with van der Waals surface area (Å²) in [4.78, 5) is 25.0. The van der Waals surface area contributed by atoms with Crippen LogP contribution in [0, 0.1) is 0 Å². The Hall–Kier alpha value is -4.34. The molecule has 0 bridgehead atoms. The van der Waals surface area contributed by atoms with Gasteiger partial charge in [-0.1, -0.05) is 60.7 Å². The van der Waals surface area contributed by atoms with Gasteiger partial charge in [0.15, 0.2) is 24.6 Å². The molecule has 4 aromatic rings. The van der Waals surface area contributed by atoms with Gasteiger partial charge in [0.1, 0.15) is 11.8 Å². The van der Waals surface area contributed by atoms with E-state index in [9.17, 15) is 9.59 Å². The fraction of sp³-hybridized carbons (Fsp3) is 0.100. The highest BCUT2D eigenvalue weighted by Crippen LogP contribution is 2.36. The zero-order valence-corrected chi connectivity index (χ0v) is 16.1. The topological polar surface area (TPSA) is 122 Å². The van der Waals surface area contributed by atoms with Gasteiger partial charge in [-0.05, 0) is 20.5 Å². The lowest BCUT2D eigenvalue weighted by atomic mass is 10.2. The van der Waals surface area contributed by atoms with Crippen LogP contribution in [0.15, 0.2) is 69.7 Å². The van der Waals surface area contributed by atoms with Crippen molar-refractivity contribution in [2.45, 2.75) is 0 Å². The Morgan fingerprint density at radius 1 is 0.700 bits per heavy atom. The third-order valence-electron chi connectivity index (χ3n) is 4.22. The van der Waals surface area contributed by atoms with E-state index in [2.05, 4.69) is 21.2 Å². The Morgan fingerprint density at radius 3 is 1.43 bits per heavy atom. The van der Waals surface area contributed by atoms with Crippen LogP contribution in [-0.4, -0.2) is 22.4 Å². The normalized spacial score (nSPS) is 10.6. The predicted molar refractivity (Wildman–Crippen MR) is 102 cm³/mol. The van der Waals surface area contributed by atoms with Crippen molar-refractivity contribution in [2.75, 3.05) is 0 Å². The quantitative estimate of drug-likeness (QED) is 0.471. The van der Waals surface area contributed by atoms with Gasteiger partial charge in [0, 0.05) is 0 Å². The molecule has 2 aromatic carbocycles. The maximum Gasteiger partial charge on any atom is 0.333 e. The molecular weight excluding hydrogens is 388 g/mol. The summed E-state index contributed by atoms with van der Waals surface area (Å²) in [5, 5.41) is 15.7. The smallest absolute Gasteiger partial charge is 0.333 e. The highest BCUT2D eigenvalue weighted by Gasteiger charge is 2.32. The second kappa shape index (κ2) is 7.95. The summed E-state index contributed by atoms with van der Waals surface area (Å²) < 4.78 is 13.2. The summed E-state index contributed by atoms with van der Waals surface area (Å²) in [5.74, 6) is -1.14. The molecule has 150 valence electrons.